The molecule has 0 unspecified atom stereocenters. The van der Waals surface area contributed by atoms with Crippen molar-refractivity contribution in [1.82, 2.24) is 4.98 Å². The Balaban J connectivity index is 2.08. The summed E-state index contributed by atoms with van der Waals surface area (Å²) >= 11 is 0. The highest BCUT2D eigenvalue weighted by Crippen LogP contribution is 2.39. The first kappa shape index (κ1) is 17.1. The lowest BCUT2D eigenvalue weighted by molar-refractivity contribution is 0.324. The summed E-state index contributed by atoms with van der Waals surface area (Å²) in [6.07, 6.45) is 2.56. The van der Waals surface area contributed by atoms with Gasteiger partial charge >= 0.3 is 0 Å². The van der Waals surface area contributed by atoms with E-state index in [0.29, 0.717) is 23.7 Å². The number of benzene rings is 2. The van der Waals surface area contributed by atoms with Gasteiger partial charge in [0.15, 0.2) is 11.5 Å². The average Bonchev–Trinajstić information content (AvgIpc) is 2.62. The molecule has 3 rings (SSSR count). The lowest BCUT2D eigenvalue weighted by atomic mass is 9.99. The van der Waals surface area contributed by atoms with Crippen molar-refractivity contribution in [2.24, 2.45) is 0 Å². The molecule has 0 N–H and O–H groups in total. The largest absolute Gasteiger partial charge is 0.493 e. The lowest BCUT2D eigenvalue weighted by Crippen LogP contribution is -1.99. The van der Waals surface area contributed by atoms with Gasteiger partial charge in [0.25, 0.3) is 0 Å². The van der Waals surface area contributed by atoms with Crippen LogP contribution in [0.2, 0.25) is 0 Å². The number of nitrogens with zero attached hydrogens (tertiary/aromatic N) is 1. The number of methoxy groups -OCH3 is 3. The van der Waals surface area contributed by atoms with Crippen molar-refractivity contribution in [1.29, 1.82) is 0 Å². The second-order valence-corrected chi connectivity index (χ2v) is 6.13. The summed E-state index contributed by atoms with van der Waals surface area (Å²) in [5, 5.41) is 2.39. The van der Waals surface area contributed by atoms with E-state index < -0.39 is 0 Å². The van der Waals surface area contributed by atoms with Gasteiger partial charge in [0.05, 0.1) is 27.0 Å². The molecule has 0 aliphatic carbocycles. The maximum atomic E-state index is 5.45. The number of ether oxygens (including phenoxy) is 3. The molecule has 0 amide bonds. The number of aryl methyl sites for hydroxylation is 2. The van der Waals surface area contributed by atoms with Crippen LogP contribution < -0.4 is 14.2 Å². The Morgan fingerprint density at radius 2 is 1.48 bits per heavy atom. The third-order valence-electron chi connectivity index (χ3n) is 4.56. The molecule has 1 aromatic heterocycles. The topological polar surface area (TPSA) is 40.6 Å². The molecule has 2 aromatic carbocycles. The van der Waals surface area contributed by atoms with Gasteiger partial charge in [-0.25, -0.2) is 0 Å². The van der Waals surface area contributed by atoms with Crippen LogP contribution in [0.1, 0.15) is 22.4 Å². The number of fused-ring (bicyclic) bond motifs is 1. The molecular formula is C21H23NO3. The average molecular weight is 337 g/mol. The Labute approximate surface area is 148 Å². The van der Waals surface area contributed by atoms with Gasteiger partial charge in [0.1, 0.15) is 0 Å². The summed E-state index contributed by atoms with van der Waals surface area (Å²) in [6, 6.07) is 10.4. The molecule has 4 heteroatoms. The van der Waals surface area contributed by atoms with Crippen molar-refractivity contribution in [3.8, 4) is 17.2 Å². The Morgan fingerprint density at radius 3 is 2.08 bits per heavy atom. The maximum Gasteiger partial charge on any atom is 0.203 e. The first-order valence-electron chi connectivity index (χ1n) is 8.21. The van der Waals surface area contributed by atoms with Gasteiger partial charge in [-0.3, -0.25) is 4.98 Å². The van der Waals surface area contributed by atoms with Crippen LogP contribution in [0.3, 0.4) is 0 Å². The number of aromatic nitrogens is 1. The highest BCUT2D eigenvalue weighted by Gasteiger charge is 2.14. The van der Waals surface area contributed by atoms with E-state index in [4.69, 9.17) is 14.2 Å². The highest BCUT2D eigenvalue weighted by atomic mass is 16.5. The third-order valence-corrected chi connectivity index (χ3v) is 4.56. The van der Waals surface area contributed by atoms with Crippen molar-refractivity contribution < 1.29 is 14.2 Å². The summed E-state index contributed by atoms with van der Waals surface area (Å²) in [5.74, 6) is 1.92. The van der Waals surface area contributed by atoms with Gasteiger partial charge in [-0.05, 0) is 60.2 Å². The van der Waals surface area contributed by atoms with Crippen LogP contribution in [0.15, 0.2) is 36.5 Å². The molecule has 0 saturated heterocycles. The van der Waals surface area contributed by atoms with Crippen LogP contribution in [0.5, 0.6) is 17.2 Å². The van der Waals surface area contributed by atoms with E-state index in [-0.39, 0.29) is 0 Å². The van der Waals surface area contributed by atoms with E-state index in [0.717, 1.165) is 11.3 Å². The number of rotatable bonds is 5. The van der Waals surface area contributed by atoms with E-state index in [1.807, 2.05) is 18.3 Å². The molecular weight excluding hydrogens is 314 g/mol. The minimum Gasteiger partial charge on any atom is -0.493 e. The molecule has 1 heterocycles. The Hall–Kier alpha value is -2.75. The smallest absolute Gasteiger partial charge is 0.203 e. The number of hydrogen-bond acceptors (Lipinski definition) is 4. The Kier molecular flexibility index (Phi) is 4.79. The zero-order chi connectivity index (χ0) is 18.0. The quantitative estimate of drug-likeness (QED) is 0.689. The van der Waals surface area contributed by atoms with E-state index in [1.54, 1.807) is 21.3 Å². The molecule has 0 saturated carbocycles. The number of hydrogen-bond donors (Lipinski definition) is 0. The van der Waals surface area contributed by atoms with Crippen molar-refractivity contribution in [2.45, 2.75) is 20.3 Å². The minimum atomic E-state index is 0.603. The van der Waals surface area contributed by atoms with Gasteiger partial charge in [0, 0.05) is 18.0 Å². The zero-order valence-corrected chi connectivity index (χ0v) is 15.3. The van der Waals surface area contributed by atoms with E-state index in [9.17, 15) is 0 Å². The van der Waals surface area contributed by atoms with Crippen LogP contribution >= 0.6 is 0 Å². The SMILES string of the molecule is COc1cc(Cc2nccc3cc(C)c(C)cc23)cc(OC)c1OC. The standard InChI is InChI=1S/C21H23NO3/c1-13-8-16-6-7-22-18(17(16)9-14(13)2)10-15-11-19(23-3)21(25-5)20(12-15)24-4/h6-9,11-12H,10H2,1-5H3. The lowest BCUT2D eigenvalue weighted by Gasteiger charge is -2.14. The fourth-order valence-electron chi connectivity index (χ4n) is 3.08. The molecule has 0 aliphatic rings. The highest BCUT2D eigenvalue weighted by molar-refractivity contribution is 5.86. The van der Waals surface area contributed by atoms with Gasteiger partial charge < -0.3 is 14.2 Å². The van der Waals surface area contributed by atoms with Crippen LogP contribution in [-0.4, -0.2) is 26.3 Å². The molecule has 3 aromatic rings. The van der Waals surface area contributed by atoms with Crippen molar-refractivity contribution in [3.05, 3.63) is 58.9 Å². The fraction of sp³-hybridized carbons (Fsp3) is 0.286. The summed E-state index contributed by atoms with van der Waals surface area (Å²) < 4.78 is 16.3. The molecule has 0 aliphatic heterocycles. The Morgan fingerprint density at radius 1 is 0.840 bits per heavy atom. The van der Waals surface area contributed by atoms with Gasteiger partial charge in [-0.15, -0.1) is 0 Å². The summed E-state index contributed by atoms with van der Waals surface area (Å²) in [6.45, 7) is 4.26. The summed E-state index contributed by atoms with van der Waals surface area (Å²) in [5.41, 5.74) is 4.66. The van der Waals surface area contributed by atoms with Crippen molar-refractivity contribution >= 4 is 10.8 Å². The van der Waals surface area contributed by atoms with Crippen LogP contribution in [0.4, 0.5) is 0 Å². The molecule has 0 atom stereocenters. The minimum absolute atomic E-state index is 0.603. The molecule has 0 bridgehead atoms. The second kappa shape index (κ2) is 7.01. The summed E-state index contributed by atoms with van der Waals surface area (Å²) in [7, 11) is 4.87. The third kappa shape index (κ3) is 3.25. The van der Waals surface area contributed by atoms with Crippen LogP contribution in [0.25, 0.3) is 10.8 Å². The zero-order valence-electron chi connectivity index (χ0n) is 15.3. The van der Waals surface area contributed by atoms with Crippen molar-refractivity contribution in [2.75, 3.05) is 21.3 Å². The first-order valence-corrected chi connectivity index (χ1v) is 8.21. The van der Waals surface area contributed by atoms with E-state index in [2.05, 4.69) is 37.0 Å². The predicted octanol–water partition coefficient (Wildman–Crippen LogP) is 4.47. The van der Waals surface area contributed by atoms with Gasteiger partial charge in [-0.2, -0.15) is 0 Å². The van der Waals surface area contributed by atoms with Crippen molar-refractivity contribution in [3.63, 3.8) is 0 Å². The molecule has 0 spiro atoms. The van der Waals surface area contributed by atoms with E-state index in [1.165, 1.54) is 21.9 Å². The normalized spacial score (nSPS) is 10.8. The summed E-state index contributed by atoms with van der Waals surface area (Å²) in [4.78, 5) is 4.61. The monoisotopic (exact) mass is 337 g/mol. The predicted molar refractivity (Wildman–Crippen MR) is 100 cm³/mol. The maximum absolute atomic E-state index is 5.45. The van der Waals surface area contributed by atoms with Gasteiger partial charge in [0.2, 0.25) is 5.75 Å². The van der Waals surface area contributed by atoms with E-state index >= 15 is 0 Å². The first-order chi connectivity index (χ1) is 12.1. The Bertz CT molecular complexity index is 893. The second-order valence-electron chi connectivity index (χ2n) is 6.13. The molecule has 4 nitrogen and oxygen atoms in total. The van der Waals surface area contributed by atoms with Crippen LogP contribution in [-0.2, 0) is 6.42 Å². The molecule has 0 radical (unpaired) electrons. The fourth-order valence-corrected chi connectivity index (χ4v) is 3.08. The molecule has 0 fully saturated rings. The van der Waals surface area contributed by atoms with Crippen LogP contribution in [0, 0.1) is 13.8 Å². The molecule has 25 heavy (non-hydrogen) atoms. The molecule has 130 valence electrons. The van der Waals surface area contributed by atoms with Gasteiger partial charge in [-0.1, -0.05) is 6.07 Å². The number of pyridine rings is 1.